The number of phenols is 4. The molecular formula is C54H64N12O12. The van der Waals surface area contributed by atoms with E-state index in [-0.39, 0.29) is 136 Å². The number of fused-ring (bicyclic) bond motifs is 16. The molecule has 0 radical (unpaired) electrons. The van der Waals surface area contributed by atoms with E-state index in [1.165, 1.54) is 72.8 Å². The van der Waals surface area contributed by atoms with Crippen molar-refractivity contribution in [2.75, 3.05) is 118 Å². The molecule has 4 aromatic rings. The van der Waals surface area contributed by atoms with Crippen LogP contribution in [0.5, 0.6) is 23.0 Å². The Kier molecular flexibility index (Phi) is 16.4. The molecule has 2 fully saturated rings. The Labute approximate surface area is 448 Å². The van der Waals surface area contributed by atoms with Gasteiger partial charge in [-0.2, -0.15) is 0 Å². The highest BCUT2D eigenvalue weighted by Crippen LogP contribution is 2.39. The Bertz CT molecular complexity index is 2830. The van der Waals surface area contributed by atoms with Gasteiger partial charge in [-0.15, -0.1) is 0 Å². The number of amides is 8. The molecule has 4 aromatic carbocycles. The van der Waals surface area contributed by atoms with E-state index in [0.29, 0.717) is 39.0 Å². The lowest BCUT2D eigenvalue weighted by Gasteiger charge is -2.28. The van der Waals surface area contributed by atoms with Crippen molar-refractivity contribution in [1.29, 1.82) is 0 Å². The summed E-state index contributed by atoms with van der Waals surface area (Å²) in [4.78, 5) is 118. The summed E-state index contributed by atoms with van der Waals surface area (Å²) in [6.45, 7) is 3.41. The number of rotatable bonds is 0. The van der Waals surface area contributed by atoms with Crippen molar-refractivity contribution in [1.82, 2.24) is 62.1 Å². The molecule has 12 bridgehead atoms. The SMILES string of the molecule is O=C1NCC[N@@]2CCNC(=O)c3cccc(c3O)C(=O)NC[C@@]3(CCNC(=O)c4cccc1c4O)C[N@]3CC[N@]1C[C@]13CCNC(=O)c1cccc(c1O)C(=O)NCC[N@](CCNC(=O)c1cccc(c1O)C(=O)NC3)CC2. The maximum absolute atomic E-state index is 13.9. The molecule has 412 valence electrons. The second-order valence-electron chi connectivity index (χ2n) is 20.2. The number of hydrogen-bond donors (Lipinski definition) is 12. The summed E-state index contributed by atoms with van der Waals surface area (Å²) < 4.78 is 0. The van der Waals surface area contributed by atoms with Crippen LogP contribution >= 0.6 is 0 Å². The zero-order chi connectivity index (χ0) is 55.1. The Balaban J connectivity index is 1.09. The van der Waals surface area contributed by atoms with Crippen molar-refractivity contribution in [2.45, 2.75) is 23.9 Å². The van der Waals surface area contributed by atoms with Gasteiger partial charge in [0, 0.05) is 118 Å². The predicted octanol–water partition coefficient (Wildman–Crippen LogP) is -1.02. The van der Waals surface area contributed by atoms with E-state index in [4.69, 9.17) is 0 Å². The van der Waals surface area contributed by atoms with Gasteiger partial charge in [0.25, 0.3) is 47.3 Å². The highest BCUT2D eigenvalue weighted by Gasteiger charge is 2.55. The van der Waals surface area contributed by atoms with E-state index in [2.05, 4.69) is 52.3 Å². The predicted molar refractivity (Wildman–Crippen MR) is 282 cm³/mol. The fourth-order valence-corrected chi connectivity index (χ4v) is 10.5. The molecule has 6 atom stereocenters. The molecule has 0 aliphatic carbocycles. The molecule has 24 nitrogen and oxygen atoms in total. The molecule has 78 heavy (non-hydrogen) atoms. The molecule has 5 heterocycles. The summed E-state index contributed by atoms with van der Waals surface area (Å²) in [6.07, 6.45) is 0.596. The van der Waals surface area contributed by atoms with Gasteiger partial charge in [0.2, 0.25) is 0 Å². The minimum absolute atomic E-state index is 0.0325. The van der Waals surface area contributed by atoms with Gasteiger partial charge >= 0.3 is 0 Å². The van der Waals surface area contributed by atoms with Gasteiger partial charge in [0.15, 0.2) is 0 Å². The number of nitrogens with one attached hydrogen (secondary N) is 8. The Morgan fingerprint density at radius 1 is 0.308 bits per heavy atom. The lowest BCUT2D eigenvalue weighted by atomic mass is 10.0. The third-order valence-corrected chi connectivity index (χ3v) is 15.3. The van der Waals surface area contributed by atoms with Gasteiger partial charge in [-0.05, 0) is 61.4 Å². The third-order valence-electron chi connectivity index (χ3n) is 15.3. The first-order valence-electron chi connectivity index (χ1n) is 26.1. The maximum Gasteiger partial charge on any atom is 0.255 e. The lowest BCUT2D eigenvalue weighted by molar-refractivity contribution is 0.0915. The highest BCUT2D eigenvalue weighted by atomic mass is 16.3. The quantitative estimate of drug-likeness (QED) is 0.0939. The average molecular weight is 1070 g/mol. The van der Waals surface area contributed by atoms with Crippen molar-refractivity contribution in [3.05, 3.63) is 117 Å². The molecule has 12 N–H and O–H groups in total. The molecule has 0 aromatic heterocycles. The normalized spacial score (nSPS) is 26.3. The van der Waals surface area contributed by atoms with Crippen molar-refractivity contribution < 1.29 is 58.8 Å². The number of phenolic OH excluding ortho intramolecular Hbond substituents is 4. The number of para-hydroxylation sites is 4. The fraction of sp³-hybridized carbons (Fsp3) is 0.407. The summed E-state index contributed by atoms with van der Waals surface area (Å²) in [5.74, 6) is -7.19. The monoisotopic (exact) mass is 1070 g/mol. The van der Waals surface area contributed by atoms with Gasteiger partial charge < -0.3 is 63.0 Å². The fourth-order valence-electron chi connectivity index (χ4n) is 10.5. The number of carbonyl (C=O) groups is 8. The summed E-state index contributed by atoms with van der Waals surface area (Å²) in [6, 6.07) is 17.2. The topological polar surface area (TPSA) is 326 Å². The lowest BCUT2D eigenvalue weighted by Crippen LogP contribution is -2.46. The minimum atomic E-state index is -0.738. The van der Waals surface area contributed by atoms with Gasteiger partial charge in [-0.1, -0.05) is 24.3 Å². The Morgan fingerprint density at radius 2 is 0.538 bits per heavy atom. The van der Waals surface area contributed by atoms with E-state index < -0.39 is 81.3 Å². The van der Waals surface area contributed by atoms with Gasteiger partial charge in [0.1, 0.15) is 23.0 Å². The molecule has 24 heteroatoms. The van der Waals surface area contributed by atoms with Crippen LogP contribution in [0.2, 0.25) is 0 Å². The average Bonchev–Trinajstić information content (AvgIpc) is 4.39. The van der Waals surface area contributed by atoms with Gasteiger partial charge in [-0.3, -0.25) is 58.0 Å². The van der Waals surface area contributed by atoms with E-state index in [1.54, 1.807) is 0 Å². The zero-order valence-electron chi connectivity index (χ0n) is 42.9. The van der Waals surface area contributed by atoms with Crippen LogP contribution in [0.1, 0.15) is 95.7 Å². The maximum atomic E-state index is 13.9. The molecule has 9 rings (SSSR count). The van der Waals surface area contributed by atoms with Crippen LogP contribution in [0.25, 0.3) is 0 Å². The molecule has 5 aliphatic rings. The van der Waals surface area contributed by atoms with Crippen molar-refractivity contribution in [2.24, 2.45) is 0 Å². The smallest absolute Gasteiger partial charge is 0.255 e. The second kappa shape index (κ2) is 23.5. The van der Waals surface area contributed by atoms with Crippen LogP contribution in [-0.2, 0) is 0 Å². The van der Waals surface area contributed by atoms with Crippen LogP contribution in [0.3, 0.4) is 0 Å². The van der Waals surface area contributed by atoms with Gasteiger partial charge in [-0.25, -0.2) is 0 Å². The molecule has 8 amide bonds. The Hall–Kier alpha value is -8.32. The van der Waals surface area contributed by atoms with Crippen LogP contribution in [0, 0.1) is 0 Å². The van der Waals surface area contributed by atoms with E-state index in [1.807, 2.05) is 9.80 Å². The van der Waals surface area contributed by atoms with Crippen molar-refractivity contribution in [3.63, 3.8) is 0 Å². The molecular weight excluding hydrogens is 1010 g/mol. The summed E-state index contributed by atoms with van der Waals surface area (Å²) in [5, 5.41) is 68.3. The van der Waals surface area contributed by atoms with Crippen LogP contribution in [-0.4, -0.2) is 216 Å². The second-order valence-corrected chi connectivity index (χ2v) is 20.2. The number of hydrogen-bond acceptors (Lipinski definition) is 16. The molecule has 2 spiro atoms. The third kappa shape index (κ3) is 12.1. The molecule has 5 aliphatic heterocycles. The van der Waals surface area contributed by atoms with Gasteiger partial charge in [0.05, 0.1) is 55.6 Å². The number of carbonyl (C=O) groups excluding carboxylic acids is 8. The Morgan fingerprint density at radius 3 is 0.795 bits per heavy atom. The molecule has 0 saturated carbocycles. The molecule has 0 unspecified atom stereocenters. The highest BCUT2D eigenvalue weighted by molar-refractivity contribution is 6.06. The summed E-state index contributed by atoms with van der Waals surface area (Å²) in [7, 11) is 0. The molecule has 2 saturated heterocycles. The minimum Gasteiger partial charge on any atom is -0.506 e. The summed E-state index contributed by atoms with van der Waals surface area (Å²) in [5.41, 5.74) is -2.48. The number of benzene rings is 4. The van der Waals surface area contributed by atoms with E-state index in [9.17, 15) is 58.8 Å². The number of aromatic hydroxyl groups is 4. The number of nitrogens with zero attached hydrogens (tertiary/aromatic N) is 4. The van der Waals surface area contributed by atoms with Crippen molar-refractivity contribution in [3.8, 4) is 23.0 Å². The van der Waals surface area contributed by atoms with Crippen molar-refractivity contribution >= 4 is 47.3 Å². The standard InChI is InChI=1S/C54H64N12O12/c67-41-33-5-1-7-35(41)47(73)57-17-21-63-23-19-59-49(75)37-9-3-11-39(43(37)69)51(77)61-29-53(13-15-55-45(33)71)31-65(53)27-28-66-32-54(66)14-16-56-46(72)34-6-2-8-36(42(34)68)48(74)58-18-22-64(26-25-63)24-20-60-50(76)38-10-4-12-40(44(38)70)52(78)62-30-54/h1-12,67-70H,13-32H2,(H,55,71)(H,56,72)(H,57,73)(H,58,74)(H,59,75)(H,60,76)(H,61,77)(H,62,78)/t53-,54+,65-,66+. The zero-order valence-corrected chi connectivity index (χ0v) is 42.9. The van der Waals surface area contributed by atoms with E-state index >= 15 is 0 Å². The van der Waals surface area contributed by atoms with Crippen LogP contribution in [0.15, 0.2) is 72.8 Å². The first kappa shape index (κ1) is 54.5. The first-order chi connectivity index (χ1) is 37.6. The summed E-state index contributed by atoms with van der Waals surface area (Å²) >= 11 is 0. The first-order valence-corrected chi connectivity index (χ1v) is 26.1. The van der Waals surface area contributed by atoms with Crippen LogP contribution < -0.4 is 42.5 Å². The van der Waals surface area contributed by atoms with Crippen LogP contribution in [0.4, 0.5) is 0 Å². The largest absolute Gasteiger partial charge is 0.506 e. The van der Waals surface area contributed by atoms with E-state index in [0.717, 1.165) is 0 Å².